The van der Waals surface area contributed by atoms with E-state index in [1.165, 1.54) is 18.4 Å². The highest BCUT2D eigenvalue weighted by atomic mass is 35.5. The molecule has 1 saturated carbocycles. The van der Waals surface area contributed by atoms with Crippen molar-refractivity contribution in [1.82, 2.24) is 0 Å². The number of allylic oxidation sites excluding steroid dienone is 1. The van der Waals surface area contributed by atoms with E-state index in [1.807, 2.05) is 0 Å². The zero-order valence-electron chi connectivity index (χ0n) is 6.16. The van der Waals surface area contributed by atoms with E-state index >= 15 is 0 Å². The van der Waals surface area contributed by atoms with E-state index in [0.29, 0.717) is 4.49 Å². The smallest absolute Gasteiger partial charge is 0.0709 e. The summed E-state index contributed by atoms with van der Waals surface area (Å²) in [5, 5.41) is 0. The molecule has 1 fully saturated rings. The number of hydrogen-bond donors (Lipinski definition) is 0. The quantitative estimate of drug-likeness (QED) is 0.529. The average Bonchev–Trinajstić information content (AvgIpc) is 1.88. The van der Waals surface area contributed by atoms with Crippen LogP contribution >= 0.6 is 23.2 Å². The largest absolute Gasteiger partial charge is 0.106 e. The molecule has 0 atom stereocenters. The summed E-state index contributed by atoms with van der Waals surface area (Å²) in [7, 11) is 0. The Kier molecular flexibility index (Phi) is 3.06. The van der Waals surface area contributed by atoms with Gasteiger partial charge in [-0.3, -0.25) is 0 Å². The molecule has 2 heteroatoms. The minimum Gasteiger partial charge on any atom is -0.0709 e. The molecule has 0 aromatic rings. The van der Waals surface area contributed by atoms with Crippen molar-refractivity contribution in [3.63, 3.8) is 0 Å². The third-order valence-corrected chi connectivity index (χ3v) is 2.68. The topological polar surface area (TPSA) is 0 Å². The zero-order chi connectivity index (χ0) is 7.56. The molecule has 0 unspecified atom stereocenters. The minimum absolute atomic E-state index is 0.506. The average molecular weight is 179 g/mol. The van der Waals surface area contributed by atoms with Gasteiger partial charge in [0.25, 0.3) is 0 Å². The maximum Gasteiger partial charge on any atom is 0.106 e. The van der Waals surface area contributed by atoms with E-state index in [0.717, 1.165) is 18.8 Å². The Bertz CT molecular complexity index is 135. The van der Waals surface area contributed by atoms with Crippen LogP contribution in [0, 0.1) is 5.92 Å². The van der Waals surface area contributed by atoms with Crippen molar-refractivity contribution >= 4 is 23.2 Å². The van der Waals surface area contributed by atoms with Crippen LogP contribution in [-0.4, -0.2) is 0 Å². The first-order valence-electron chi connectivity index (χ1n) is 3.73. The van der Waals surface area contributed by atoms with Crippen LogP contribution in [0.25, 0.3) is 0 Å². The fourth-order valence-corrected chi connectivity index (χ4v) is 1.68. The second kappa shape index (κ2) is 3.64. The Morgan fingerprint density at radius 2 is 1.80 bits per heavy atom. The van der Waals surface area contributed by atoms with Gasteiger partial charge < -0.3 is 0 Å². The second-order valence-corrected chi connectivity index (χ2v) is 4.00. The molecule has 0 saturated heterocycles. The van der Waals surface area contributed by atoms with Crippen LogP contribution in [-0.2, 0) is 0 Å². The van der Waals surface area contributed by atoms with E-state index < -0.39 is 0 Å². The van der Waals surface area contributed by atoms with Gasteiger partial charge in [0.2, 0.25) is 0 Å². The first-order valence-corrected chi connectivity index (χ1v) is 4.48. The van der Waals surface area contributed by atoms with Gasteiger partial charge in [0, 0.05) is 0 Å². The molecule has 58 valence electrons. The Balaban J connectivity index is 2.48. The molecule has 0 aromatic heterocycles. The fourth-order valence-electron chi connectivity index (χ4n) is 1.30. The highest BCUT2D eigenvalue weighted by molar-refractivity contribution is 6.56. The summed E-state index contributed by atoms with van der Waals surface area (Å²) >= 11 is 11.3. The van der Waals surface area contributed by atoms with Gasteiger partial charge in [-0.15, -0.1) is 0 Å². The summed E-state index contributed by atoms with van der Waals surface area (Å²) in [6.07, 6.45) is 4.70. The molecule has 1 aliphatic carbocycles. The molecule has 0 nitrogen and oxygen atoms in total. The van der Waals surface area contributed by atoms with Gasteiger partial charge in [-0.2, -0.15) is 0 Å². The van der Waals surface area contributed by atoms with Crippen molar-refractivity contribution < 1.29 is 0 Å². The Morgan fingerprint density at radius 3 is 2.20 bits per heavy atom. The van der Waals surface area contributed by atoms with Gasteiger partial charge in [-0.25, -0.2) is 0 Å². The fraction of sp³-hybridized carbons (Fsp3) is 0.750. The van der Waals surface area contributed by atoms with E-state index in [4.69, 9.17) is 23.2 Å². The molecule has 0 heterocycles. The molecule has 0 bridgehead atoms. The summed E-state index contributed by atoms with van der Waals surface area (Å²) in [4.78, 5) is 0. The SMILES string of the molecule is CC1CCC(=C(Cl)Cl)CC1. The summed E-state index contributed by atoms with van der Waals surface area (Å²) in [6.45, 7) is 2.28. The van der Waals surface area contributed by atoms with Crippen molar-refractivity contribution in [2.45, 2.75) is 32.6 Å². The van der Waals surface area contributed by atoms with E-state index in [-0.39, 0.29) is 0 Å². The van der Waals surface area contributed by atoms with Gasteiger partial charge in [-0.1, -0.05) is 30.1 Å². The first-order chi connectivity index (χ1) is 4.70. The predicted octanol–water partition coefficient (Wildman–Crippen LogP) is 3.89. The van der Waals surface area contributed by atoms with Crippen LogP contribution in [0.15, 0.2) is 10.1 Å². The highest BCUT2D eigenvalue weighted by Gasteiger charge is 2.13. The van der Waals surface area contributed by atoms with Crippen molar-refractivity contribution in [2.75, 3.05) is 0 Å². The van der Waals surface area contributed by atoms with Crippen LogP contribution < -0.4 is 0 Å². The van der Waals surface area contributed by atoms with Gasteiger partial charge in [0.05, 0.1) is 0 Å². The van der Waals surface area contributed by atoms with E-state index in [1.54, 1.807) is 0 Å². The maximum absolute atomic E-state index is 5.65. The Morgan fingerprint density at radius 1 is 1.30 bits per heavy atom. The summed E-state index contributed by atoms with van der Waals surface area (Å²) in [5.41, 5.74) is 1.25. The summed E-state index contributed by atoms with van der Waals surface area (Å²) in [5.74, 6) is 0.858. The lowest BCUT2D eigenvalue weighted by Gasteiger charge is -2.19. The van der Waals surface area contributed by atoms with Crippen LogP contribution in [0.2, 0.25) is 0 Å². The Hall–Kier alpha value is 0.320. The third-order valence-electron chi connectivity index (χ3n) is 2.15. The van der Waals surface area contributed by atoms with Crippen molar-refractivity contribution in [3.8, 4) is 0 Å². The van der Waals surface area contributed by atoms with E-state index in [9.17, 15) is 0 Å². The second-order valence-electron chi connectivity index (χ2n) is 3.05. The molecule has 10 heavy (non-hydrogen) atoms. The molecule has 0 spiro atoms. The van der Waals surface area contributed by atoms with Gasteiger partial charge in [0.15, 0.2) is 0 Å². The molecule has 0 amide bonds. The first kappa shape index (κ1) is 8.42. The number of rotatable bonds is 0. The maximum atomic E-state index is 5.65. The van der Waals surface area contributed by atoms with Crippen LogP contribution in [0.4, 0.5) is 0 Å². The minimum atomic E-state index is 0.506. The van der Waals surface area contributed by atoms with Crippen LogP contribution in [0.5, 0.6) is 0 Å². The normalized spacial score (nSPS) is 26.7. The molecule has 0 N–H and O–H groups in total. The van der Waals surface area contributed by atoms with Gasteiger partial charge in [0.1, 0.15) is 4.49 Å². The zero-order valence-corrected chi connectivity index (χ0v) is 7.67. The summed E-state index contributed by atoms with van der Waals surface area (Å²) in [6, 6.07) is 0. The number of halogens is 2. The Labute approximate surface area is 72.2 Å². The van der Waals surface area contributed by atoms with Gasteiger partial charge in [-0.05, 0) is 37.2 Å². The van der Waals surface area contributed by atoms with Gasteiger partial charge >= 0.3 is 0 Å². The van der Waals surface area contributed by atoms with Crippen LogP contribution in [0.1, 0.15) is 32.6 Å². The van der Waals surface area contributed by atoms with Crippen molar-refractivity contribution in [2.24, 2.45) is 5.92 Å². The van der Waals surface area contributed by atoms with Crippen molar-refractivity contribution in [1.29, 1.82) is 0 Å². The third kappa shape index (κ3) is 2.17. The summed E-state index contributed by atoms with van der Waals surface area (Å²) < 4.78 is 0.506. The number of hydrogen-bond acceptors (Lipinski definition) is 0. The lowest BCUT2D eigenvalue weighted by atomic mass is 9.88. The molecule has 0 aliphatic heterocycles. The molecule has 0 aromatic carbocycles. The standard InChI is InChI=1S/C8H12Cl2/c1-6-2-4-7(5-3-6)8(9)10/h6H,2-5H2,1H3. The molecule has 1 rings (SSSR count). The molecule has 0 radical (unpaired) electrons. The highest BCUT2D eigenvalue weighted by Crippen LogP contribution is 2.32. The van der Waals surface area contributed by atoms with E-state index in [2.05, 4.69) is 6.92 Å². The monoisotopic (exact) mass is 178 g/mol. The predicted molar refractivity (Wildman–Crippen MR) is 46.4 cm³/mol. The van der Waals surface area contributed by atoms with Crippen LogP contribution in [0.3, 0.4) is 0 Å². The lowest BCUT2D eigenvalue weighted by Crippen LogP contribution is -2.03. The lowest BCUT2D eigenvalue weighted by molar-refractivity contribution is 0.444. The molecular formula is C8H12Cl2. The molecular weight excluding hydrogens is 167 g/mol. The molecule has 1 aliphatic rings. The van der Waals surface area contributed by atoms with Crippen molar-refractivity contribution in [3.05, 3.63) is 10.1 Å².